The van der Waals surface area contributed by atoms with Gasteiger partial charge in [-0.15, -0.1) is 11.3 Å². The predicted molar refractivity (Wildman–Crippen MR) is 115 cm³/mol. The molecule has 3 rings (SSSR count). The van der Waals surface area contributed by atoms with E-state index in [0.29, 0.717) is 36.7 Å². The highest BCUT2D eigenvalue weighted by Gasteiger charge is 2.29. The number of rotatable bonds is 6. The van der Waals surface area contributed by atoms with Crippen molar-refractivity contribution in [1.82, 2.24) is 9.21 Å². The Balaban J connectivity index is 1.59. The van der Waals surface area contributed by atoms with Crippen LogP contribution in [-0.4, -0.2) is 69.3 Å². The molecule has 1 amide bonds. The quantitative estimate of drug-likeness (QED) is 0.676. The van der Waals surface area contributed by atoms with Crippen LogP contribution in [0.4, 0.5) is 5.00 Å². The Morgan fingerprint density at radius 3 is 2.33 bits per heavy atom. The van der Waals surface area contributed by atoms with Gasteiger partial charge in [0.05, 0.1) is 24.1 Å². The first-order chi connectivity index (χ1) is 14.2. The summed E-state index contributed by atoms with van der Waals surface area (Å²) < 4.78 is 31.7. The van der Waals surface area contributed by atoms with E-state index in [-0.39, 0.29) is 17.3 Å². The van der Waals surface area contributed by atoms with Gasteiger partial charge in [0.25, 0.3) is 0 Å². The molecule has 0 unspecified atom stereocenters. The number of anilines is 1. The molecule has 0 spiro atoms. The number of hydrogen-bond donors (Lipinski definition) is 1. The number of hydrogen-bond acceptors (Lipinski definition) is 7. The standard InChI is InChI=1S/C20H25N3O5S2/c1-14-15(2)29-19(18(14)20(25)28-3)21-17(24)13-22-9-11-23(12-10-22)30(26,27)16-7-5-4-6-8-16/h4-8H,9-13H2,1-3H3,(H,21,24). The summed E-state index contributed by atoms with van der Waals surface area (Å²) >= 11 is 1.34. The number of carbonyl (C=O) groups is 2. The molecule has 1 aliphatic rings. The number of benzene rings is 1. The number of piperazine rings is 1. The van der Waals surface area contributed by atoms with Crippen LogP contribution in [0.15, 0.2) is 35.2 Å². The summed E-state index contributed by atoms with van der Waals surface area (Å²) in [6.07, 6.45) is 0. The lowest BCUT2D eigenvalue weighted by Gasteiger charge is -2.33. The second-order valence-corrected chi connectivity index (χ2v) is 10.2. The highest BCUT2D eigenvalue weighted by Crippen LogP contribution is 2.33. The lowest BCUT2D eigenvalue weighted by atomic mass is 10.1. The molecular formula is C20H25N3O5S2. The molecule has 1 N–H and O–H groups in total. The van der Waals surface area contributed by atoms with E-state index in [1.165, 1.54) is 22.8 Å². The van der Waals surface area contributed by atoms with Crippen LogP contribution in [0.2, 0.25) is 0 Å². The second-order valence-electron chi connectivity index (χ2n) is 7.02. The number of sulfonamides is 1. The summed E-state index contributed by atoms with van der Waals surface area (Å²) in [6, 6.07) is 8.34. The first-order valence-corrected chi connectivity index (χ1v) is 11.8. The lowest BCUT2D eigenvalue weighted by Crippen LogP contribution is -2.50. The fourth-order valence-electron chi connectivity index (χ4n) is 3.30. The van der Waals surface area contributed by atoms with Gasteiger partial charge in [-0.05, 0) is 31.5 Å². The zero-order chi connectivity index (χ0) is 21.9. The Labute approximate surface area is 180 Å². The van der Waals surface area contributed by atoms with E-state index >= 15 is 0 Å². The number of aryl methyl sites for hydroxylation is 1. The molecule has 0 atom stereocenters. The van der Waals surface area contributed by atoms with Crippen molar-refractivity contribution in [3.8, 4) is 0 Å². The SMILES string of the molecule is COC(=O)c1c(NC(=O)CN2CCN(S(=O)(=O)c3ccccc3)CC2)sc(C)c1C. The third-order valence-electron chi connectivity index (χ3n) is 5.11. The first-order valence-electron chi connectivity index (χ1n) is 9.49. The minimum Gasteiger partial charge on any atom is -0.465 e. The number of thiophene rings is 1. The zero-order valence-electron chi connectivity index (χ0n) is 17.2. The van der Waals surface area contributed by atoms with Gasteiger partial charge in [-0.25, -0.2) is 13.2 Å². The maximum absolute atomic E-state index is 12.7. The monoisotopic (exact) mass is 451 g/mol. The summed E-state index contributed by atoms with van der Waals surface area (Å²) in [6.45, 7) is 5.35. The van der Waals surface area contributed by atoms with E-state index in [0.717, 1.165) is 10.4 Å². The van der Waals surface area contributed by atoms with Gasteiger partial charge in [0.15, 0.2) is 0 Å². The van der Waals surface area contributed by atoms with Crippen molar-refractivity contribution >= 4 is 38.2 Å². The molecule has 162 valence electrons. The van der Waals surface area contributed by atoms with Gasteiger partial charge >= 0.3 is 5.97 Å². The molecule has 8 nitrogen and oxygen atoms in total. The Hall–Kier alpha value is -2.27. The summed E-state index contributed by atoms with van der Waals surface area (Å²) in [5.74, 6) is -0.729. The fraction of sp³-hybridized carbons (Fsp3) is 0.400. The Morgan fingerprint density at radius 1 is 1.10 bits per heavy atom. The Bertz CT molecular complexity index is 1030. The van der Waals surface area contributed by atoms with Gasteiger partial charge in [-0.1, -0.05) is 18.2 Å². The molecule has 1 saturated heterocycles. The fourth-order valence-corrected chi connectivity index (χ4v) is 5.81. The third kappa shape index (κ3) is 4.72. The summed E-state index contributed by atoms with van der Waals surface area (Å²) in [4.78, 5) is 27.7. The van der Waals surface area contributed by atoms with Crippen LogP contribution in [0.1, 0.15) is 20.8 Å². The highest BCUT2D eigenvalue weighted by atomic mass is 32.2. The molecule has 10 heteroatoms. The minimum absolute atomic E-state index is 0.121. The van der Waals surface area contributed by atoms with Gasteiger partial charge in [-0.3, -0.25) is 9.69 Å². The zero-order valence-corrected chi connectivity index (χ0v) is 18.8. The molecule has 1 aromatic carbocycles. The molecule has 1 aromatic heterocycles. The van der Waals surface area contributed by atoms with Crippen molar-refractivity contribution < 1.29 is 22.7 Å². The maximum atomic E-state index is 12.7. The number of nitrogens with zero attached hydrogens (tertiary/aromatic N) is 2. The molecule has 1 aliphatic heterocycles. The van der Waals surface area contributed by atoms with Crippen molar-refractivity contribution in [2.24, 2.45) is 0 Å². The van der Waals surface area contributed by atoms with Crippen LogP contribution < -0.4 is 5.32 Å². The van der Waals surface area contributed by atoms with Crippen LogP contribution in [0, 0.1) is 13.8 Å². The number of ether oxygens (including phenoxy) is 1. The molecule has 2 aromatic rings. The highest BCUT2D eigenvalue weighted by molar-refractivity contribution is 7.89. The number of esters is 1. The molecule has 30 heavy (non-hydrogen) atoms. The van der Waals surface area contributed by atoms with Crippen LogP contribution >= 0.6 is 11.3 Å². The normalized spacial score (nSPS) is 15.7. The number of carbonyl (C=O) groups excluding carboxylic acids is 2. The van der Waals surface area contributed by atoms with Crippen molar-refractivity contribution in [1.29, 1.82) is 0 Å². The summed E-state index contributed by atoms with van der Waals surface area (Å²) in [5, 5.41) is 3.29. The molecule has 0 aliphatic carbocycles. The van der Waals surface area contributed by atoms with Gasteiger partial charge < -0.3 is 10.1 Å². The van der Waals surface area contributed by atoms with Crippen LogP contribution in [0.3, 0.4) is 0 Å². The maximum Gasteiger partial charge on any atom is 0.341 e. The van der Waals surface area contributed by atoms with E-state index in [1.54, 1.807) is 30.3 Å². The van der Waals surface area contributed by atoms with Gasteiger partial charge in [0.1, 0.15) is 5.00 Å². The number of methoxy groups -OCH3 is 1. The molecule has 0 bridgehead atoms. The van der Waals surface area contributed by atoms with E-state index in [4.69, 9.17) is 4.74 Å². The lowest BCUT2D eigenvalue weighted by molar-refractivity contribution is -0.117. The van der Waals surface area contributed by atoms with Crippen molar-refractivity contribution in [3.63, 3.8) is 0 Å². The topological polar surface area (TPSA) is 96.0 Å². The third-order valence-corrected chi connectivity index (χ3v) is 8.14. The minimum atomic E-state index is -3.53. The van der Waals surface area contributed by atoms with Gasteiger partial charge in [-0.2, -0.15) is 4.31 Å². The van der Waals surface area contributed by atoms with Crippen LogP contribution in [-0.2, 0) is 19.6 Å². The summed E-state index contributed by atoms with van der Waals surface area (Å²) in [7, 11) is -2.22. The van der Waals surface area contributed by atoms with E-state index in [1.807, 2.05) is 18.7 Å². The van der Waals surface area contributed by atoms with Crippen LogP contribution in [0.25, 0.3) is 0 Å². The largest absolute Gasteiger partial charge is 0.465 e. The number of nitrogens with one attached hydrogen (secondary N) is 1. The second kappa shape index (κ2) is 9.25. The molecule has 1 fully saturated rings. The molecule has 0 radical (unpaired) electrons. The smallest absolute Gasteiger partial charge is 0.341 e. The van der Waals surface area contributed by atoms with E-state index in [2.05, 4.69) is 5.32 Å². The van der Waals surface area contributed by atoms with Crippen molar-refractivity contribution in [3.05, 3.63) is 46.3 Å². The first kappa shape index (κ1) is 22.4. The van der Waals surface area contributed by atoms with Gasteiger partial charge in [0, 0.05) is 31.1 Å². The Kier molecular flexibility index (Phi) is 6.91. The number of amides is 1. The average Bonchev–Trinajstić information content (AvgIpc) is 3.01. The average molecular weight is 452 g/mol. The predicted octanol–water partition coefficient (Wildman–Crippen LogP) is 2.10. The van der Waals surface area contributed by atoms with E-state index < -0.39 is 16.0 Å². The molecule has 2 heterocycles. The van der Waals surface area contributed by atoms with E-state index in [9.17, 15) is 18.0 Å². The van der Waals surface area contributed by atoms with Crippen molar-refractivity contribution in [2.45, 2.75) is 18.7 Å². The summed E-state index contributed by atoms with van der Waals surface area (Å²) in [5.41, 5.74) is 1.18. The van der Waals surface area contributed by atoms with Crippen molar-refractivity contribution in [2.75, 3.05) is 45.2 Å². The molecule has 0 saturated carbocycles. The molecular weight excluding hydrogens is 426 g/mol. The Morgan fingerprint density at radius 2 is 1.73 bits per heavy atom. The van der Waals surface area contributed by atoms with Crippen LogP contribution in [0.5, 0.6) is 0 Å². The van der Waals surface area contributed by atoms with Gasteiger partial charge in [0.2, 0.25) is 15.9 Å².